The zero-order chi connectivity index (χ0) is 21.8. The van der Waals surface area contributed by atoms with Gasteiger partial charge in [-0.25, -0.2) is 0 Å². The Kier molecular flexibility index (Phi) is 4.06. The second-order valence-electron chi connectivity index (χ2n) is 7.49. The smallest absolute Gasteiger partial charge is 0.291 e. The van der Waals surface area contributed by atoms with Crippen LogP contribution in [0.2, 0.25) is 0 Å². The molecule has 32 heavy (non-hydrogen) atoms. The molecule has 0 saturated heterocycles. The number of carbonyl (C=O) groups excluding carboxylic acids is 1. The van der Waals surface area contributed by atoms with Gasteiger partial charge in [-0.1, -0.05) is 78.1 Å². The number of benzene rings is 3. The van der Waals surface area contributed by atoms with Crippen molar-refractivity contribution >= 4 is 44.2 Å². The molecule has 0 bridgehead atoms. The van der Waals surface area contributed by atoms with Gasteiger partial charge in [0.05, 0.1) is 11.3 Å². The molecule has 1 amide bonds. The molecule has 154 valence electrons. The highest BCUT2D eigenvalue weighted by molar-refractivity contribution is 7.15. The second-order valence-corrected chi connectivity index (χ2v) is 8.47. The molecule has 6 nitrogen and oxygen atoms in total. The van der Waals surface area contributed by atoms with E-state index in [0.29, 0.717) is 27.4 Å². The third kappa shape index (κ3) is 2.58. The monoisotopic (exact) mass is 436 g/mol. The maximum atomic E-state index is 13.3. The third-order valence-electron chi connectivity index (χ3n) is 5.65. The molecule has 0 fully saturated rings. The van der Waals surface area contributed by atoms with Crippen LogP contribution in [-0.4, -0.2) is 27.0 Å². The van der Waals surface area contributed by atoms with Crippen LogP contribution < -0.4 is 15.0 Å². The number of para-hydroxylation sites is 1. The molecule has 1 aliphatic heterocycles. The zero-order valence-corrected chi connectivity index (χ0v) is 17.7. The van der Waals surface area contributed by atoms with Gasteiger partial charge in [0.2, 0.25) is 4.96 Å². The van der Waals surface area contributed by atoms with Gasteiger partial charge in [0.25, 0.3) is 11.5 Å². The summed E-state index contributed by atoms with van der Waals surface area (Å²) in [4.78, 5) is 33.2. The van der Waals surface area contributed by atoms with Crippen molar-refractivity contribution in [1.82, 2.24) is 14.6 Å². The highest BCUT2D eigenvalue weighted by Crippen LogP contribution is 2.35. The predicted molar refractivity (Wildman–Crippen MR) is 127 cm³/mol. The molecule has 0 atom stereocenters. The number of fused-ring (bicyclic) bond motifs is 3. The lowest BCUT2D eigenvalue weighted by atomic mass is 10.0. The van der Waals surface area contributed by atoms with E-state index in [-0.39, 0.29) is 11.5 Å². The van der Waals surface area contributed by atoms with Gasteiger partial charge in [0, 0.05) is 17.7 Å². The van der Waals surface area contributed by atoms with Gasteiger partial charge in [-0.2, -0.15) is 9.50 Å². The summed E-state index contributed by atoms with van der Waals surface area (Å²) in [6.07, 6.45) is 1.68. The summed E-state index contributed by atoms with van der Waals surface area (Å²) < 4.78 is 1.66. The van der Waals surface area contributed by atoms with Gasteiger partial charge in [-0.05, 0) is 16.8 Å². The number of rotatable bonds is 3. The number of carbonyl (C=O) groups is 1. The number of thiazole rings is 1. The maximum absolute atomic E-state index is 13.3. The largest absolute Gasteiger partial charge is 0.304 e. The Morgan fingerprint density at radius 2 is 1.69 bits per heavy atom. The minimum atomic E-state index is -0.331. The maximum Gasteiger partial charge on any atom is 0.291 e. The minimum absolute atomic E-state index is 0.207. The molecule has 0 saturated carbocycles. The highest BCUT2D eigenvalue weighted by Gasteiger charge is 2.33. The van der Waals surface area contributed by atoms with Crippen LogP contribution in [-0.2, 0) is 4.79 Å². The van der Waals surface area contributed by atoms with Crippen LogP contribution in [0.1, 0.15) is 5.56 Å². The van der Waals surface area contributed by atoms with Crippen LogP contribution in [0.3, 0.4) is 0 Å². The number of hydrogen-bond donors (Lipinski definition) is 0. The van der Waals surface area contributed by atoms with Crippen molar-refractivity contribution in [2.45, 2.75) is 0 Å². The minimum Gasteiger partial charge on any atom is -0.304 e. The first kappa shape index (κ1) is 18.7. The number of anilines is 1. The first-order valence-electron chi connectivity index (χ1n) is 10.1. The second kappa shape index (κ2) is 6.96. The molecular weight excluding hydrogens is 420 g/mol. The fourth-order valence-electron chi connectivity index (χ4n) is 4.23. The van der Waals surface area contributed by atoms with Crippen molar-refractivity contribution < 1.29 is 4.79 Å². The molecule has 2 aromatic heterocycles. The Morgan fingerprint density at radius 3 is 2.53 bits per heavy atom. The summed E-state index contributed by atoms with van der Waals surface area (Å²) in [5, 5.41) is 6.61. The molecule has 3 aromatic carbocycles. The molecule has 3 heterocycles. The van der Waals surface area contributed by atoms with Crippen molar-refractivity contribution in [3.05, 3.63) is 99.8 Å². The van der Waals surface area contributed by atoms with Crippen LogP contribution in [0.4, 0.5) is 5.69 Å². The molecule has 0 unspecified atom stereocenters. The van der Waals surface area contributed by atoms with Crippen molar-refractivity contribution in [3.63, 3.8) is 0 Å². The standard InChI is InChI=1S/C25H16N4O2S/c1-2-14-28-19-13-6-5-11-18(19)20(23(28)30)21-24(31)29-25(32-21)26-22(27-29)17-12-7-9-15-8-3-4-10-16(15)17/h2-13H,1,14H2/b21-20-. The van der Waals surface area contributed by atoms with E-state index in [2.05, 4.69) is 16.7 Å². The number of hydrogen-bond acceptors (Lipinski definition) is 5. The van der Waals surface area contributed by atoms with E-state index in [1.165, 1.54) is 15.9 Å². The topological polar surface area (TPSA) is 67.6 Å². The molecule has 5 aromatic rings. The fraction of sp³-hybridized carbons (Fsp3) is 0.0400. The van der Waals surface area contributed by atoms with E-state index in [1.807, 2.05) is 66.7 Å². The number of amides is 1. The number of nitrogens with zero attached hydrogens (tertiary/aromatic N) is 4. The van der Waals surface area contributed by atoms with E-state index in [0.717, 1.165) is 27.6 Å². The van der Waals surface area contributed by atoms with E-state index in [4.69, 9.17) is 0 Å². The van der Waals surface area contributed by atoms with E-state index in [9.17, 15) is 9.59 Å². The summed E-state index contributed by atoms with van der Waals surface area (Å²) in [7, 11) is 0. The van der Waals surface area contributed by atoms with Crippen molar-refractivity contribution in [1.29, 1.82) is 0 Å². The van der Waals surface area contributed by atoms with Crippen LogP contribution >= 0.6 is 11.3 Å². The Labute approximate surface area is 186 Å². The Hall–Kier alpha value is -4.10. The molecule has 1 aliphatic rings. The van der Waals surface area contributed by atoms with Crippen molar-refractivity contribution in [2.24, 2.45) is 0 Å². The van der Waals surface area contributed by atoms with Gasteiger partial charge < -0.3 is 4.90 Å². The third-order valence-corrected chi connectivity index (χ3v) is 6.68. The van der Waals surface area contributed by atoms with Crippen LogP contribution in [0, 0.1) is 0 Å². The predicted octanol–water partition coefficient (Wildman–Crippen LogP) is 3.42. The molecule has 0 radical (unpaired) electrons. The first-order valence-corrected chi connectivity index (χ1v) is 10.9. The quantitative estimate of drug-likeness (QED) is 0.407. The highest BCUT2D eigenvalue weighted by atomic mass is 32.1. The number of aromatic nitrogens is 3. The summed E-state index contributed by atoms with van der Waals surface area (Å²) >= 11 is 1.20. The van der Waals surface area contributed by atoms with E-state index in [1.54, 1.807) is 11.0 Å². The van der Waals surface area contributed by atoms with Gasteiger partial charge >= 0.3 is 0 Å². The van der Waals surface area contributed by atoms with E-state index < -0.39 is 0 Å². The van der Waals surface area contributed by atoms with Crippen molar-refractivity contribution in [3.8, 4) is 11.4 Å². The summed E-state index contributed by atoms with van der Waals surface area (Å²) in [6, 6.07) is 21.4. The van der Waals surface area contributed by atoms with Gasteiger partial charge in [-0.3, -0.25) is 9.59 Å². The zero-order valence-electron chi connectivity index (χ0n) is 16.9. The lowest BCUT2D eigenvalue weighted by molar-refractivity contribution is -0.112. The summed E-state index contributed by atoms with van der Waals surface area (Å²) in [5.41, 5.74) is 2.46. The average molecular weight is 436 g/mol. The van der Waals surface area contributed by atoms with Crippen LogP contribution in [0.15, 0.2) is 84.2 Å². The van der Waals surface area contributed by atoms with E-state index >= 15 is 0 Å². The SMILES string of the molecule is C=CCN1C(=O)/C(=c2\sc3nc(-c4cccc5ccccc45)nn3c2=O)c2ccccc21. The Balaban J connectivity index is 1.58. The lowest BCUT2D eigenvalue weighted by Gasteiger charge is -2.13. The molecule has 0 N–H and O–H groups in total. The van der Waals surface area contributed by atoms with Crippen LogP contribution in [0.5, 0.6) is 0 Å². The molecule has 0 spiro atoms. The fourth-order valence-corrected chi connectivity index (χ4v) is 5.23. The van der Waals surface area contributed by atoms with Crippen LogP contribution in [0.25, 0.3) is 32.7 Å². The molecule has 7 heteroatoms. The first-order chi connectivity index (χ1) is 15.7. The lowest BCUT2D eigenvalue weighted by Crippen LogP contribution is -2.32. The van der Waals surface area contributed by atoms with Gasteiger partial charge in [-0.15, -0.1) is 11.7 Å². The average Bonchev–Trinajstić information content (AvgIpc) is 3.45. The molecular formula is C25H16N4O2S. The van der Waals surface area contributed by atoms with Gasteiger partial charge in [0.15, 0.2) is 5.82 Å². The summed E-state index contributed by atoms with van der Waals surface area (Å²) in [5.74, 6) is 0.287. The molecule has 0 aliphatic carbocycles. The molecule has 6 rings (SSSR count). The normalized spacial score (nSPS) is 15.0. The Morgan fingerprint density at radius 1 is 0.938 bits per heavy atom. The van der Waals surface area contributed by atoms with Crippen molar-refractivity contribution in [2.75, 3.05) is 11.4 Å². The summed E-state index contributed by atoms with van der Waals surface area (Å²) in [6.45, 7) is 4.12. The Bertz CT molecular complexity index is 1680. The van der Waals surface area contributed by atoms with Gasteiger partial charge in [0.1, 0.15) is 4.53 Å².